The Morgan fingerprint density at radius 2 is 2.21 bits per heavy atom. The molecule has 1 atom stereocenters. The fourth-order valence-electron chi connectivity index (χ4n) is 1.62. The maximum Gasteiger partial charge on any atom is 0.341 e. The van der Waals surface area contributed by atoms with Crippen molar-refractivity contribution in [2.45, 2.75) is 31.8 Å². The lowest BCUT2D eigenvalue weighted by atomic mass is 10.2. The van der Waals surface area contributed by atoms with E-state index in [0.717, 1.165) is 12.8 Å². The molecular weight excluding hydrogens is 246 g/mol. The number of hydrogen-bond donors (Lipinski definition) is 2. The number of pyridine rings is 1. The zero-order valence-corrected chi connectivity index (χ0v) is 11.0. The van der Waals surface area contributed by atoms with Crippen LogP contribution in [0.5, 0.6) is 0 Å². The van der Waals surface area contributed by atoms with Gasteiger partial charge in [0.1, 0.15) is 17.4 Å². The number of hydrogen-bond acceptors (Lipinski definition) is 5. The predicted octanol–water partition coefficient (Wildman–Crippen LogP) is 0.947. The van der Waals surface area contributed by atoms with Crippen molar-refractivity contribution in [3.63, 3.8) is 0 Å². The van der Waals surface area contributed by atoms with Gasteiger partial charge in [0.15, 0.2) is 0 Å². The average Bonchev–Trinajstić information content (AvgIpc) is 3.22. The zero-order chi connectivity index (χ0) is 13.8. The number of carbonyl (C=O) groups excluding carboxylic acids is 2. The molecule has 19 heavy (non-hydrogen) atoms. The van der Waals surface area contributed by atoms with Crippen LogP contribution < -0.4 is 10.6 Å². The Morgan fingerprint density at radius 3 is 2.84 bits per heavy atom. The highest BCUT2D eigenvalue weighted by Crippen LogP contribution is 2.19. The van der Waals surface area contributed by atoms with E-state index in [1.54, 1.807) is 25.3 Å². The molecule has 6 nitrogen and oxygen atoms in total. The second-order valence-corrected chi connectivity index (χ2v) is 4.54. The lowest BCUT2D eigenvalue weighted by molar-refractivity contribution is -0.121. The molecule has 1 aliphatic rings. The van der Waals surface area contributed by atoms with E-state index in [4.69, 9.17) is 0 Å². The van der Waals surface area contributed by atoms with Gasteiger partial charge in [0, 0.05) is 12.2 Å². The topological polar surface area (TPSA) is 80.3 Å². The summed E-state index contributed by atoms with van der Waals surface area (Å²) in [6, 6.07) is 3.10. The lowest BCUT2D eigenvalue weighted by Gasteiger charge is -2.16. The number of esters is 1. The zero-order valence-electron chi connectivity index (χ0n) is 11.0. The highest BCUT2D eigenvalue weighted by Gasteiger charge is 2.26. The summed E-state index contributed by atoms with van der Waals surface area (Å²) in [5.41, 5.74) is 0.316. The molecule has 0 bridgehead atoms. The minimum atomic E-state index is -0.481. The van der Waals surface area contributed by atoms with Gasteiger partial charge in [0.25, 0.3) is 0 Å². The summed E-state index contributed by atoms with van der Waals surface area (Å²) in [5.74, 6) is -0.220. The highest BCUT2D eigenvalue weighted by atomic mass is 16.5. The summed E-state index contributed by atoms with van der Waals surface area (Å²) < 4.78 is 4.67. The van der Waals surface area contributed by atoms with E-state index in [1.807, 2.05) is 0 Å². The van der Waals surface area contributed by atoms with Crippen LogP contribution in [-0.4, -0.2) is 36.1 Å². The van der Waals surface area contributed by atoms with Gasteiger partial charge < -0.3 is 15.4 Å². The van der Waals surface area contributed by atoms with Crippen molar-refractivity contribution in [2.75, 3.05) is 12.4 Å². The Labute approximate surface area is 111 Å². The molecule has 1 amide bonds. The van der Waals surface area contributed by atoms with Crippen LogP contribution in [0.1, 0.15) is 30.1 Å². The van der Waals surface area contributed by atoms with Gasteiger partial charge in [-0.3, -0.25) is 4.79 Å². The molecule has 102 valence electrons. The smallest absolute Gasteiger partial charge is 0.341 e. The van der Waals surface area contributed by atoms with E-state index in [9.17, 15) is 9.59 Å². The maximum absolute atomic E-state index is 11.8. The van der Waals surface area contributed by atoms with Crippen molar-refractivity contribution in [3.05, 3.63) is 23.9 Å². The summed E-state index contributed by atoms with van der Waals surface area (Å²) in [6.45, 7) is 1.73. The first-order valence-corrected chi connectivity index (χ1v) is 6.22. The monoisotopic (exact) mass is 263 g/mol. The first-order chi connectivity index (χ1) is 9.11. The number of amides is 1. The van der Waals surface area contributed by atoms with Crippen molar-refractivity contribution in [2.24, 2.45) is 0 Å². The standard InChI is InChI=1S/C13H17N3O3/c1-8(12(17)16-9-5-6-9)15-11-10(13(18)19-2)4-3-7-14-11/h3-4,7-9H,5-6H2,1-2H3,(H,14,15)(H,16,17). The molecule has 1 heterocycles. The van der Waals surface area contributed by atoms with E-state index in [1.165, 1.54) is 7.11 Å². The van der Waals surface area contributed by atoms with Crippen LogP contribution in [0.2, 0.25) is 0 Å². The van der Waals surface area contributed by atoms with Crippen LogP contribution in [0, 0.1) is 0 Å². The number of aromatic nitrogens is 1. The quantitative estimate of drug-likeness (QED) is 0.773. The van der Waals surface area contributed by atoms with E-state index in [0.29, 0.717) is 17.4 Å². The van der Waals surface area contributed by atoms with Crippen LogP contribution in [0.15, 0.2) is 18.3 Å². The second kappa shape index (κ2) is 5.69. The van der Waals surface area contributed by atoms with Crippen molar-refractivity contribution < 1.29 is 14.3 Å². The average molecular weight is 263 g/mol. The van der Waals surface area contributed by atoms with E-state index < -0.39 is 12.0 Å². The molecule has 0 aromatic carbocycles. The molecule has 0 spiro atoms. The van der Waals surface area contributed by atoms with Gasteiger partial charge >= 0.3 is 5.97 Å². The Morgan fingerprint density at radius 1 is 1.47 bits per heavy atom. The number of ether oxygens (including phenoxy) is 1. The summed E-state index contributed by atoms with van der Waals surface area (Å²) in [7, 11) is 1.31. The molecule has 1 aromatic heterocycles. The Bertz CT molecular complexity index is 486. The molecule has 6 heteroatoms. The predicted molar refractivity (Wildman–Crippen MR) is 69.8 cm³/mol. The van der Waals surface area contributed by atoms with Crippen molar-refractivity contribution in [1.82, 2.24) is 10.3 Å². The van der Waals surface area contributed by atoms with Crippen LogP contribution in [0.3, 0.4) is 0 Å². The number of nitrogens with one attached hydrogen (secondary N) is 2. The van der Waals surface area contributed by atoms with Gasteiger partial charge in [0.2, 0.25) is 5.91 Å². The van der Waals surface area contributed by atoms with Crippen molar-refractivity contribution in [1.29, 1.82) is 0 Å². The van der Waals surface area contributed by atoms with Gasteiger partial charge in [-0.25, -0.2) is 9.78 Å². The van der Waals surface area contributed by atoms with Crippen LogP contribution in [0.25, 0.3) is 0 Å². The molecule has 1 saturated carbocycles. The van der Waals surface area contributed by atoms with Gasteiger partial charge in [-0.15, -0.1) is 0 Å². The first-order valence-electron chi connectivity index (χ1n) is 6.22. The summed E-state index contributed by atoms with van der Waals surface area (Å²) >= 11 is 0. The molecular formula is C13H17N3O3. The summed E-state index contributed by atoms with van der Waals surface area (Å²) in [6.07, 6.45) is 3.63. The molecule has 1 aliphatic carbocycles. The normalized spacial score (nSPS) is 15.5. The molecule has 1 fully saturated rings. The Kier molecular flexibility index (Phi) is 3.99. The van der Waals surface area contributed by atoms with Crippen LogP contribution in [0.4, 0.5) is 5.82 Å². The van der Waals surface area contributed by atoms with Gasteiger partial charge in [-0.2, -0.15) is 0 Å². The maximum atomic E-state index is 11.8. The second-order valence-electron chi connectivity index (χ2n) is 4.54. The van der Waals surface area contributed by atoms with E-state index in [-0.39, 0.29) is 5.91 Å². The molecule has 1 aromatic rings. The summed E-state index contributed by atoms with van der Waals surface area (Å²) in [4.78, 5) is 27.5. The fraction of sp³-hybridized carbons (Fsp3) is 0.462. The van der Waals surface area contributed by atoms with Crippen LogP contribution >= 0.6 is 0 Å². The number of rotatable bonds is 5. The van der Waals surface area contributed by atoms with Crippen LogP contribution in [-0.2, 0) is 9.53 Å². The SMILES string of the molecule is COC(=O)c1cccnc1NC(C)C(=O)NC1CC1. The van der Waals surface area contributed by atoms with Crippen molar-refractivity contribution in [3.8, 4) is 0 Å². The third kappa shape index (κ3) is 3.43. The lowest BCUT2D eigenvalue weighted by Crippen LogP contribution is -2.39. The minimum absolute atomic E-state index is 0.0935. The minimum Gasteiger partial charge on any atom is -0.465 e. The third-order valence-electron chi connectivity index (χ3n) is 2.88. The largest absolute Gasteiger partial charge is 0.465 e. The molecule has 2 rings (SSSR count). The number of anilines is 1. The number of carbonyl (C=O) groups is 2. The van der Waals surface area contributed by atoms with E-state index >= 15 is 0 Å². The molecule has 2 N–H and O–H groups in total. The number of nitrogens with zero attached hydrogens (tertiary/aromatic N) is 1. The number of methoxy groups -OCH3 is 1. The summed E-state index contributed by atoms with van der Waals surface area (Å²) in [5, 5.41) is 5.83. The molecule has 1 unspecified atom stereocenters. The highest BCUT2D eigenvalue weighted by molar-refractivity contribution is 5.95. The van der Waals surface area contributed by atoms with E-state index in [2.05, 4.69) is 20.4 Å². The third-order valence-corrected chi connectivity index (χ3v) is 2.88. The Balaban J connectivity index is 2.04. The fourth-order valence-corrected chi connectivity index (χ4v) is 1.62. The Hall–Kier alpha value is -2.11. The molecule has 0 aliphatic heterocycles. The molecule has 0 radical (unpaired) electrons. The molecule has 0 saturated heterocycles. The van der Waals surface area contributed by atoms with Gasteiger partial charge in [-0.05, 0) is 31.9 Å². The van der Waals surface area contributed by atoms with Gasteiger partial charge in [0.05, 0.1) is 7.11 Å². The van der Waals surface area contributed by atoms with Crippen molar-refractivity contribution >= 4 is 17.7 Å². The van der Waals surface area contributed by atoms with Gasteiger partial charge in [-0.1, -0.05) is 0 Å². The first kappa shape index (κ1) is 13.3.